The summed E-state index contributed by atoms with van der Waals surface area (Å²) in [6.45, 7) is 8.21. The lowest BCUT2D eigenvalue weighted by Crippen LogP contribution is -2.44. The number of hydrogen-bond donors (Lipinski definition) is 2. The maximum atomic E-state index is 12.3. The zero-order chi connectivity index (χ0) is 21.7. The van der Waals surface area contributed by atoms with E-state index >= 15 is 0 Å². The van der Waals surface area contributed by atoms with Crippen LogP contribution in [0.4, 0.5) is 0 Å². The van der Waals surface area contributed by atoms with Gasteiger partial charge in [-0.05, 0) is 60.2 Å². The molecule has 0 aliphatic rings. The first kappa shape index (κ1) is 21.4. The molecule has 2 amide bonds. The van der Waals surface area contributed by atoms with Crippen LogP contribution in [-0.4, -0.2) is 18.4 Å². The Bertz CT molecular complexity index is 1040. The molecular weight excluding hydrogens is 380 g/mol. The summed E-state index contributed by atoms with van der Waals surface area (Å²) in [4.78, 5) is 24.2. The summed E-state index contributed by atoms with van der Waals surface area (Å²) in [5.41, 5.74) is 9.93. The van der Waals surface area contributed by atoms with Crippen LogP contribution in [0.1, 0.15) is 48.9 Å². The van der Waals surface area contributed by atoms with E-state index in [2.05, 4.69) is 44.6 Å². The molecule has 0 saturated heterocycles. The Balaban J connectivity index is 1.52. The molecule has 0 unspecified atom stereocenters. The number of amides is 2. The van der Waals surface area contributed by atoms with Crippen molar-refractivity contribution in [3.05, 3.63) is 64.9 Å². The minimum atomic E-state index is -0.433. The van der Waals surface area contributed by atoms with Crippen molar-refractivity contribution in [1.29, 1.82) is 0 Å². The normalized spacial score (nSPS) is 11.0. The number of fused-ring (bicyclic) bond motifs is 1. The van der Waals surface area contributed by atoms with Gasteiger partial charge >= 0.3 is 0 Å². The van der Waals surface area contributed by atoms with Gasteiger partial charge in [0.15, 0.2) is 6.61 Å². The minimum absolute atomic E-state index is 0.104. The number of nitrogens with one attached hydrogen (secondary N) is 2. The molecule has 1 heterocycles. The molecular formula is C24H28N2O4. The van der Waals surface area contributed by atoms with E-state index in [1.807, 2.05) is 30.3 Å². The van der Waals surface area contributed by atoms with Crippen LogP contribution in [0.15, 0.2) is 47.1 Å². The number of rotatable bonds is 7. The third kappa shape index (κ3) is 5.20. The first-order chi connectivity index (χ1) is 14.4. The van der Waals surface area contributed by atoms with Crippen LogP contribution < -0.4 is 15.6 Å². The van der Waals surface area contributed by atoms with E-state index in [1.54, 1.807) is 6.26 Å². The first-order valence-corrected chi connectivity index (χ1v) is 10.2. The smallest absolute Gasteiger partial charge is 0.276 e. The van der Waals surface area contributed by atoms with Gasteiger partial charge in [0.25, 0.3) is 5.91 Å². The van der Waals surface area contributed by atoms with Crippen LogP contribution in [0.3, 0.4) is 0 Å². The Kier molecular flexibility index (Phi) is 6.77. The van der Waals surface area contributed by atoms with Crippen LogP contribution in [0.25, 0.3) is 11.0 Å². The maximum absolute atomic E-state index is 12.3. The topological polar surface area (TPSA) is 80.6 Å². The summed E-state index contributed by atoms with van der Waals surface area (Å²) in [5, 5.41) is 0.921. The van der Waals surface area contributed by atoms with Crippen molar-refractivity contribution in [2.24, 2.45) is 0 Å². The molecule has 158 valence electrons. The third-order valence-corrected chi connectivity index (χ3v) is 5.06. The van der Waals surface area contributed by atoms with Crippen LogP contribution in [0, 0.1) is 6.92 Å². The molecule has 0 bridgehead atoms. The number of carbonyl (C=O) groups excluding carboxylic acids is 2. The average molecular weight is 408 g/mol. The molecule has 0 spiro atoms. The van der Waals surface area contributed by atoms with Crippen molar-refractivity contribution in [2.45, 2.75) is 46.5 Å². The van der Waals surface area contributed by atoms with Gasteiger partial charge in [0.1, 0.15) is 11.3 Å². The van der Waals surface area contributed by atoms with Crippen LogP contribution >= 0.6 is 0 Å². The third-order valence-electron chi connectivity index (χ3n) is 5.06. The van der Waals surface area contributed by atoms with Gasteiger partial charge in [-0.3, -0.25) is 20.4 Å². The second kappa shape index (κ2) is 9.48. The molecule has 2 N–H and O–H groups in total. The van der Waals surface area contributed by atoms with Gasteiger partial charge in [0, 0.05) is 10.9 Å². The molecule has 0 aliphatic carbocycles. The molecule has 6 nitrogen and oxygen atoms in total. The van der Waals surface area contributed by atoms with E-state index in [0.717, 1.165) is 23.0 Å². The molecule has 0 saturated carbocycles. The standard InChI is InChI=1S/C24H28N2O4/c1-5-17-6-8-19(9-7-17)29-14-24(28)26-25-23(27)11-18-13-30-22-10-16(4)20(15(2)3)12-21(18)22/h6-10,12-13,15H,5,11,14H2,1-4H3,(H,25,27)(H,26,28). The molecule has 3 aromatic rings. The van der Waals surface area contributed by atoms with Gasteiger partial charge in [-0.15, -0.1) is 0 Å². The van der Waals surface area contributed by atoms with Crippen molar-refractivity contribution in [3.8, 4) is 5.75 Å². The quantitative estimate of drug-likeness (QED) is 0.574. The number of aryl methyl sites for hydroxylation is 2. The lowest BCUT2D eigenvalue weighted by molar-refractivity contribution is -0.129. The average Bonchev–Trinajstić information content (AvgIpc) is 3.11. The summed E-state index contributed by atoms with van der Waals surface area (Å²) < 4.78 is 11.0. The number of benzene rings is 2. The number of ether oxygens (including phenoxy) is 1. The van der Waals surface area contributed by atoms with Gasteiger partial charge in [0.2, 0.25) is 5.91 Å². The summed E-state index contributed by atoms with van der Waals surface area (Å²) in [6.07, 6.45) is 2.64. The van der Waals surface area contributed by atoms with Crippen LogP contribution in [0.5, 0.6) is 5.75 Å². The van der Waals surface area contributed by atoms with Gasteiger partial charge in [-0.2, -0.15) is 0 Å². The molecule has 1 aromatic heterocycles. The van der Waals surface area contributed by atoms with E-state index in [-0.39, 0.29) is 18.9 Å². The Morgan fingerprint density at radius 2 is 1.77 bits per heavy atom. The Hall–Kier alpha value is -3.28. The van der Waals surface area contributed by atoms with Crippen LogP contribution in [-0.2, 0) is 22.4 Å². The fourth-order valence-electron chi connectivity index (χ4n) is 3.37. The number of hydrazine groups is 1. The highest BCUT2D eigenvalue weighted by Crippen LogP contribution is 2.29. The van der Waals surface area contributed by atoms with E-state index in [0.29, 0.717) is 11.7 Å². The number of hydrogen-bond acceptors (Lipinski definition) is 4. The second-order valence-corrected chi connectivity index (χ2v) is 7.68. The molecule has 0 atom stereocenters. The number of carbonyl (C=O) groups is 2. The fourth-order valence-corrected chi connectivity index (χ4v) is 3.37. The minimum Gasteiger partial charge on any atom is -0.484 e. The number of furan rings is 1. The lowest BCUT2D eigenvalue weighted by atomic mass is 9.95. The molecule has 6 heteroatoms. The van der Waals surface area contributed by atoms with Gasteiger partial charge in [0.05, 0.1) is 12.7 Å². The highest BCUT2D eigenvalue weighted by molar-refractivity contribution is 5.89. The zero-order valence-electron chi connectivity index (χ0n) is 17.9. The van der Waals surface area contributed by atoms with Crippen molar-refractivity contribution in [2.75, 3.05) is 6.61 Å². The predicted molar refractivity (Wildman–Crippen MR) is 116 cm³/mol. The van der Waals surface area contributed by atoms with E-state index in [9.17, 15) is 9.59 Å². The van der Waals surface area contributed by atoms with Crippen LogP contribution in [0.2, 0.25) is 0 Å². The van der Waals surface area contributed by atoms with E-state index < -0.39 is 5.91 Å². The fraction of sp³-hybridized carbons (Fsp3) is 0.333. The summed E-state index contributed by atoms with van der Waals surface area (Å²) in [7, 11) is 0. The van der Waals surface area contributed by atoms with Gasteiger partial charge in [-0.1, -0.05) is 32.9 Å². The van der Waals surface area contributed by atoms with E-state index in [4.69, 9.17) is 9.15 Å². The zero-order valence-corrected chi connectivity index (χ0v) is 17.9. The Morgan fingerprint density at radius 3 is 2.43 bits per heavy atom. The van der Waals surface area contributed by atoms with E-state index in [1.165, 1.54) is 16.7 Å². The molecule has 30 heavy (non-hydrogen) atoms. The highest BCUT2D eigenvalue weighted by Gasteiger charge is 2.14. The van der Waals surface area contributed by atoms with Crippen molar-refractivity contribution >= 4 is 22.8 Å². The monoisotopic (exact) mass is 408 g/mol. The highest BCUT2D eigenvalue weighted by atomic mass is 16.5. The van der Waals surface area contributed by atoms with Crippen molar-refractivity contribution in [3.63, 3.8) is 0 Å². The summed E-state index contributed by atoms with van der Waals surface area (Å²) >= 11 is 0. The Labute approximate surface area is 176 Å². The second-order valence-electron chi connectivity index (χ2n) is 7.68. The summed E-state index contributed by atoms with van der Waals surface area (Å²) in [6, 6.07) is 11.6. The SMILES string of the molecule is CCc1ccc(OCC(=O)NNC(=O)Cc2coc3cc(C)c(C(C)C)cc23)cc1. The molecule has 0 aliphatic heterocycles. The predicted octanol–water partition coefficient (Wildman–Crippen LogP) is 4.20. The van der Waals surface area contributed by atoms with Gasteiger partial charge < -0.3 is 9.15 Å². The van der Waals surface area contributed by atoms with Gasteiger partial charge in [-0.25, -0.2) is 0 Å². The molecule has 3 rings (SSSR count). The van der Waals surface area contributed by atoms with Crippen molar-refractivity contribution in [1.82, 2.24) is 10.9 Å². The Morgan fingerprint density at radius 1 is 1.07 bits per heavy atom. The van der Waals surface area contributed by atoms with Crippen molar-refractivity contribution < 1.29 is 18.7 Å². The molecule has 0 fully saturated rings. The largest absolute Gasteiger partial charge is 0.484 e. The molecule has 2 aromatic carbocycles. The summed E-state index contributed by atoms with van der Waals surface area (Å²) in [5.74, 6) is 0.223. The first-order valence-electron chi connectivity index (χ1n) is 10.2. The lowest BCUT2D eigenvalue weighted by Gasteiger charge is -2.10. The molecule has 0 radical (unpaired) electrons. The maximum Gasteiger partial charge on any atom is 0.276 e.